The minimum absolute atomic E-state index is 0.0261. The van der Waals surface area contributed by atoms with Gasteiger partial charge in [0.05, 0.1) is 13.5 Å². The molecule has 0 saturated carbocycles. The number of anilines is 2. The Kier molecular flexibility index (Phi) is 3.27. The summed E-state index contributed by atoms with van der Waals surface area (Å²) < 4.78 is 6.46. The number of nitrogens with zero attached hydrogens (tertiary/aromatic N) is 3. The van der Waals surface area contributed by atoms with Crippen molar-refractivity contribution in [1.29, 1.82) is 0 Å². The maximum Gasteiger partial charge on any atom is 0.249 e. The van der Waals surface area contributed by atoms with Gasteiger partial charge in [0.1, 0.15) is 18.1 Å². The van der Waals surface area contributed by atoms with Gasteiger partial charge in [-0.15, -0.1) is 0 Å². The summed E-state index contributed by atoms with van der Waals surface area (Å²) in [5.74, 6) is 0.400. The number of ether oxygens (including phenoxy) is 1. The smallest absolute Gasteiger partial charge is 0.249 e. The number of amides is 2. The van der Waals surface area contributed by atoms with Crippen molar-refractivity contribution < 1.29 is 14.3 Å². The van der Waals surface area contributed by atoms with Crippen LogP contribution in [0.3, 0.4) is 0 Å². The van der Waals surface area contributed by atoms with E-state index in [1.807, 2.05) is 0 Å². The molecule has 8 heteroatoms. The van der Waals surface area contributed by atoms with Gasteiger partial charge in [0.15, 0.2) is 0 Å². The van der Waals surface area contributed by atoms with Crippen LogP contribution in [0.5, 0.6) is 5.75 Å². The molecule has 1 atom stereocenters. The number of carbonyl (C=O) groups is 2. The number of fused-ring (bicyclic) bond motifs is 1. The summed E-state index contributed by atoms with van der Waals surface area (Å²) in [6.45, 7) is 0. The zero-order chi connectivity index (χ0) is 14.8. The molecule has 2 amide bonds. The first-order valence-corrected chi connectivity index (χ1v) is 6.31. The maximum atomic E-state index is 12.3. The zero-order valence-electron chi connectivity index (χ0n) is 11.2. The van der Waals surface area contributed by atoms with Gasteiger partial charge >= 0.3 is 0 Å². The van der Waals surface area contributed by atoms with E-state index in [4.69, 9.17) is 4.74 Å². The highest BCUT2D eigenvalue weighted by molar-refractivity contribution is 6.00. The van der Waals surface area contributed by atoms with E-state index in [0.29, 0.717) is 11.4 Å². The molecular weight excluding hydrogens is 274 g/mol. The molecule has 0 radical (unpaired) electrons. The molecule has 2 N–H and O–H groups in total. The molecule has 0 saturated heterocycles. The van der Waals surface area contributed by atoms with Gasteiger partial charge in [0.25, 0.3) is 0 Å². The van der Waals surface area contributed by atoms with Crippen LogP contribution >= 0.6 is 0 Å². The number of hydrogen-bond donors (Lipinski definition) is 2. The predicted molar refractivity (Wildman–Crippen MR) is 73.9 cm³/mol. The van der Waals surface area contributed by atoms with Gasteiger partial charge in [-0.1, -0.05) is 0 Å². The Morgan fingerprint density at radius 1 is 1.43 bits per heavy atom. The second-order valence-corrected chi connectivity index (χ2v) is 4.51. The Bertz CT molecular complexity index is 679. The van der Waals surface area contributed by atoms with Crippen LogP contribution in [-0.4, -0.2) is 33.7 Å². The number of aromatic nitrogens is 3. The average Bonchev–Trinajstić information content (AvgIpc) is 2.95. The average molecular weight is 287 g/mol. The third kappa shape index (κ3) is 2.55. The molecule has 1 aromatic carbocycles. The second kappa shape index (κ2) is 5.23. The summed E-state index contributed by atoms with van der Waals surface area (Å²) in [5, 5.41) is 9.28. The molecule has 0 spiro atoms. The van der Waals surface area contributed by atoms with E-state index in [9.17, 15) is 9.59 Å². The van der Waals surface area contributed by atoms with Gasteiger partial charge in [-0.3, -0.25) is 14.9 Å². The van der Waals surface area contributed by atoms with E-state index in [0.717, 1.165) is 0 Å². The molecule has 2 aromatic rings. The Morgan fingerprint density at radius 3 is 2.90 bits per heavy atom. The fourth-order valence-corrected chi connectivity index (χ4v) is 2.11. The first-order valence-electron chi connectivity index (χ1n) is 6.31. The molecule has 1 aromatic heterocycles. The van der Waals surface area contributed by atoms with E-state index in [1.54, 1.807) is 31.4 Å². The Balaban J connectivity index is 1.78. The molecule has 0 bridgehead atoms. The van der Waals surface area contributed by atoms with Crippen molar-refractivity contribution >= 4 is 23.5 Å². The highest BCUT2D eigenvalue weighted by atomic mass is 16.5. The molecule has 1 aliphatic heterocycles. The number of methoxy groups -OCH3 is 1. The minimum atomic E-state index is -0.710. The zero-order valence-corrected chi connectivity index (χ0v) is 11.2. The summed E-state index contributed by atoms with van der Waals surface area (Å²) in [7, 11) is 1.57. The molecule has 2 heterocycles. The third-order valence-electron chi connectivity index (χ3n) is 3.16. The van der Waals surface area contributed by atoms with Crippen LogP contribution in [0.1, 0.15) is 12.5 Å². The number of nitrogens with one attached hydrogen (secondary N) is 2. The SMILES string of the molecule is COc1ccc(NC(=O)[C@H]2CC(=O)Nc3ncnn32)cc1. The maximum absolute atomic E-state index is 12.3. The molecule has 0 unspecified atom stereocenters. The monoisotopic (exact) mass is 287 g/mol. The summed E-state index contributed by atoms with van der Waals surface area (Å²) >= 11 is 0. The second-order valence-electron chi connectivity index (χ2n) is 4.51. The van der Waals surface area contributed by atoms with Crippen molar-refractivity contribution in [3.05, 3.63) is 30.6 Å². The van der Waals surface area contributed by atoms with E-state index >= 15 is 0 Å². The van der Waals surface area contributed by atoms with Crippen LogP contribution in [0.4, 0.5) is 11.6 Å². The van der Waals surface area contributed by atoms with Crippen LogP contribution in [0.2, 0.25) is 0 Å². The molecule has 3 rings (SSSR count). The third-order valence-corrected chi connectivity index (χ3v) is 3.16. The molecule has 0 fully saturated rings. The lowest BCUT2D eigenvalue weighted by molar-refractivity contribution is -0.125. The van der Waals surface area contributed by atoms with E-state index in [-0.39, 0.29) is 24.2 Å². The Labute approximate surface area is 120 Å². The summed E-state index contributed by atoms with van der Waals surface area (Å²) in [6, 6.07) is 6.22. The van der Waals surface area contributed by atoms with Crippen LogP contribution in [0.15, 0.2) is 30.6 Å². The van der Waals surface area contributed by atoms with E-state index in [2.05, 4.69) is 20.7 Å². The van der Waals surface area contributed by atoms with Gasteiger partial charge in [-0.05, 0) is 24.3 Å². The van der Waals surface area contributed by atoms with Gasteiger partial charge in [-0.2, -0.15) is 10.1 Å². The highest BCUT2D eigenvalue weighted by Gasteiger charge is 2.31. The van der Waals surface area contributed by atoms with Crippen LogP contribution in [0, 0.1) is 0 Å². The summed E-state index contributed by atoms with van der Waals surface area (Å²) in [5.41, 5.74) is 0.619. The lowest BCUT2D eigenvalue weighted by Gasteiger charge is -2.22. The van der Waals surface area contributed by atoms with Gasteiger partial charge in [0.2, 0.25) is 17.8 Å². The Hall–Kier alpha value is -2.90. The normalized spacial score (nSPS) is 16.8. The van der Waals surface area contributed by atoms with Crippen LogP contribution < -0.4 is 15.4 Å². The van der Waals surface area contributed by atoms with E-state index < -0.39 is 6.04 Å². The lowest BCUT2D eigenvalue weighted by Crippen LogP contribution is -2.35. The number of benzene rings is 1. The molecular formula is C13H13N5O3. The lowest BCUT2D eigenvalue weighted by atomic mass is 10.1. The number of carbonyl (C=O) groups excluding carboxylic acids is 2. The fourth-order valence-electron chi connectivity index (χ4n) is 2.11. The largest absolute Gasteiger partial charge is 0.497 e. The minimum Gasteiger partial charge on any atom is -0.497 e. The fraction of sp³-hybridized carbons (Fsp3) is 0.231. The first-order chi connectivity index (χ1) is 10.2. The summed E-state index contributed by atoms with van der Waals surface area (Å²) in [6.07, 6.45) is 1.33. The quantitative estimate of drug-likeness (QED) is 0.870. The molecule has 1 aliphatic rings. The highest BCUT2D eigenvalue weighted by Crippen LogP contribution is 2.23. The van der Waals surface area contributed by atoms with Gasteiger partial charge in [0, 0.05) is 5.69 Å². The van der Waals surface area contributed by atoms with Crippen molar-refractivity contribution in [3.8, 4) is 5.75 Å². The molecule has 0 aliphatic carbocycles. The molecule has 8 nitrogen and oxygen atoms in total. The number of hydrogen-bond acceptors (Lipinski definition) is 5. The Morgan fingerprint density at radius 2 is 2.19 bits per heavy atom. The molecule has 21 heavy (non-hydrogen) atoms. The van der Waals surface area contributed by atoms with Crippen molar-refractivity contribution in [2.75, 3.05) is 17.7 Å². The van der Waals surface area contributed by atoms with Gasteiger partial charge in [-0.25, -0.2) is 4.68 Å². The predicted octanol–water partition coefficient (Wildman–Crippen LogP) is 0.809. The van der Waals surface area contributed by atoms with Crippen molar-refractivity contribution in [1.82, 2.24) is 14.8 Å². The first kappa shape index (κ1) is 13.1. The van der Waals surface area contributed by atoms with Crippen molar-refractivity contribution in [2.24, 2.45) is 0 Å². The van der Waals surface area contributed by atoms with Crippen LogP contribution in [-0.2, 0) is 9.59 Å². The topological polar surface area (TPSA) is 98.1 Å². The van der Waals surface area contributed by atoms with Crippen LogP contribution in [0.25, 0.3) is 0 Å². The molecule has 108 valence electrons. The summed E-state index contributed by atoms with van der Waals surface area (Å²) in [4.78, 5) is 27.8. The van der Waals surface area contributed by atoms with Crippen molar-refractivity contribution in [2.45, 2.75) is 12.5 Å². The van der Waals surface area contributed by atoms with Crippen molar-refractivity contribution in [3.63, 3.8) is 0 Å². The van der Waals surface area contributed by atoms with E-state index in [1.165, 1.54) is 11.0 Å². The standard InChI is InChI=1S/C13H13N5O3/c1-21-9-4-2-8(3-5-9)16-12(20)10-6-11(19)17-13-14-7-15-18(10)13/h2-5,7,10H,6H2,1H3,(H,16,20)(H,14,15,17,19)/t10-/m1/s1. The van der Waals surface area contributed by atoms with Gasteiger partial charge < -0.3 is 10.1 Å². The number of rotatable bonds is 3.